The third kappa shape index (κ3) is 1.87. The second kappa shape index (κ2) is 3.45. The number of nitrogens with zero attached hydrogens (tertiary/aromatic N) is 4. The van der Waals surface area contributed by atoms with E-state index in [-0.39, 0.29) is 0 Å². The lowest BCUT2D eigenvalue weighted by Crippen LogP contribution is -2.04. The first-order valence-corrected chi connectivity index (χ1v) is 4.30. The number of hydrogen-bond acceptors (Lipinski definition) is 4. The summed E-state index contributed by atoms with van der Waals surface area (Å²) >= 11 is 0. The molecule has 0 aliphatic carbocycles. The second-order valence-electron chi connectivity index (χ2n) is 3.17. The number of pyridine rings is 1. The Kier molecular flexibility index (Phi) is 2.14. The zero-order valence-corrected chi connectivity index (χ0v) is 7.88. The molecule has 5 heteroatoms. The Morgan fingerprint density at radius 3 is 2.86 bits per heavy atom. The number of nitrogen functional groups attached to an aromatic ring is 1. The Morgan fingerprint density at radius 2 is 2.21 bits per heavy atom. The largest absolute Gasteiger partial charge is 0.381 e. The molecule has 0 aliphatic heterocycles. The van der Waals surface area contributed by atoms with Crippen LogP contribution in [0.15, 0.2) is 24.7 Å². The van der Waals surface area contributed by atoms with Crippen LogP contribution in [0.1, 0.15) is 11.1 Å². The minimum absolute atomic E-state index is 0.436. The van der Waals surface area contributed by atoms with Gasteiger partial charge in [0.15, 0.2) is 5.82 Å². The van der Waals surface area contributed by atoms with Crippen molar-refractivity contribution >= 4 is 5.82 Å². The van der Waals surface area contributed by atoms with E-state index >= 15 is 0 Å². The summed E-state index contributed by atoms with van der Waals surface area (Å²) in [6.45, 7) is 2.60. The highest BCUT2D eigenvalue weighted by molar-refractivity contribution is 5.20. The van der Waals surface area contributed by atoms with Gasteiger partial charge in [0.05, 0.1) is 12.7 Å². The molecular formula is C9H11N5. The smallest absolute Gasteiger partial charge is 0.165 e. The predicted octanol–water partition coefficient (Wildman–Crippen LogP) is 0.612. The van der Waals surface area contributed by atoms with Crippen LogP contribution in [0.5, 0.6) is 0 Å². The summed E-state index contributed by atoms with van der Waals surface area (Å²) in [6, 6.07) is 2.05. The fourth-order valence-corrected chi connectivity index (χ4v) is 1.25. The van der Waals surface area contributed by atoms with Crippen LogP contribution < -0.4 is 5.73 Å². The van der Waals surface area contributed by atoms with Gasteiger partial charge >= 0.3 is 0 Å². The predicted molar refractivity (Wildman–Crippen MR) is 52.5 cm³/mol. The Labute approximate surface area is 81.6 Å². The van der Waals surface area contributed by atoms with Crippen LogP contribution in [0, 0.1) is 6.92 Å². The highest BCUT2D eigenvalue weighted by Gasteiger charge is 1.98. The Morgan fingerprint density at radius 1 is 1.36 bits per heavy atom. The molecule has 0 saturated carbocycles. The van der Waals surface area contributed by atoms with E-state index in [1.807, 2.05) is 19.2 Å². The lowest BCUT2D eigenvalue weighted by atomic mass is 10.2. The average Bonchev–Trinajstić information content (AvgIpc) is 2.51. The van der Waals surface area contributed by atoms with Gasteiger partial charge in [-0.2, -0.15) is 9.90 Å². The molecule has 0 atom stereocenters. The third-order valence-corrected chi connectivity index (χ3v) is 1.81. The monoisotopic (exact) mass is 189 g/mol. The molecule has 0 amide bonds. The van der Waals surface area contributed by atoms with Gasteiger partial charge in [-0.1, -0.05) is 6.07 Å². The molecule has 0 aromatic carbocycles. The van der Waals surface area contributed by atoms with Crippen LogP contribution in [0.3, 0.4) is 0 Å². The first-order valence-electron chi connectivity index (χ1n) is 4.30. The lowest BCUT2D eigenvalue weighted by molar-refractivity contribution is 0.591. The van der Waals surface area contributed by atoms with Gasteiger partial charge in [0.25, 0.3) is 0 Å². The molecule has 0 spiro atoms. The highest BCUT2D eigenvalue weighted by Crippen LogP contribution is 2.03. The molecule has 0 radical (unpaired) electrons. The molecule has 2 heterocycles. The van der Waals surface area contributed by atoms with Gasteiger partial charge in [-0.05, 0) is 18.1 Å². The van der Waals surface area contributed by atoms with Gasteiger partial charge in [-0.25, -0.2) is 0 Å². The average molecular weight is 189 g/mol. The molecular weight excluding hydrogens is 178 g/mol. The van der Waals surface area contributed by atoms with Crippen LogP contribution in [-0.2, 0) is 6.54 Å². The normalized spacial score (nSPS) is 10.4. The maximum atomic E-state index is 5.45. The van der Waals surface area contributed by atoms with Gasteiger partial charge < -0.3 is 5.73 Å². The van der Waals surface area contributed by atoms with E-state index in [0.717, 1.165) is 11.1 Å². The Balaban J connectivity index is 2.18. The molecule has 14 heavy (non-hydrogen) atoms. The Hall–Kier alpha value is -1.91. The standard InChI is InChI=1S/C9H11N5/c1-7-2-8(4-11-3-7)6-14-12-5-9(10)13-14/h2-5H,6H2,1H3,(H2,10,13). The number of aromatic nitrogens is 4. The van der Waals surface area contributed by atoms with Crippen LogP contribution >= 0.6 is 0 Å². The first-order chi connectivity index (χ1) is 6.74. The summed E-state index contributed by atoms with van der Waals surface area (Å²) < 4.78 is 0. The highest BCUT2D eigenvalue weighted by atomic mass is 15.5. The molecule has 0 aliphatic rings. The first kappa shape index (κ1) is 8.68. The SMILES string of the molecule is Cc1cncc(Cn2ncc(N)n2)c1. The van der Waals surface area contributed by atoms with Gasteiger partial charge in [-0.3, -0.25) is 4.98 Å². The van der Waals surface area contributed by atoms with Gasteiger partial charge in [0.2, 0.25) is 0 Å². The summed E-state index contributed by atoms with van der Waals surface area (Å²) in [6.07, 6.45) is 5.14. The summed E-state index contributed by atoms with van der Waals surface area (Å²) in [7, 11) is 0. The molecule has 2 aromatic rings. The van der Waals surface area contributed by atoms with Crippen LogP contribution in [0.25, 0.3) is 0 Å². The van der Waals surface area contributed by atoms with Crippen molar-refractivity contribution in [1.82, 2.24) is 20.0 Å². The van der Waals surface area contributed by atoms with Gasteiger partial charge in [0.1, 0.15) is 0 Å². The van der Waals surface area contributed by atoms with Crippen molar-refractivity contribution in [3.05, 3.63) is 35.8 Å². The summed E-state index contributed by atoms with van der Waals surface area (Å²) in [5.74, 6) is 0.436. The van der Waals surface area contributed by atoms with Crippen molar-refractivity contribution in [2.75, 3.05) is 5.73 Å². The van der Waals surface area contributed by atoms with Gasteiger partial charge in [0, 0.05) is 12.4 Å². The van der Waals surface area contributed by atoms with Crippen molar-refractivity contribution in [3.63, 3.8) is 0 Å². The maximum Gasteiger partial charge on any atom is 0.165 e. The summed E-state index contributed by atoms with van der Waals surface area (Å²) in [5, 5.41) is 7.98. The zero-order valence-electron chi connectivity index (χ0n) is 7.88. The van der Waals surface area contributed by atoms with Crippen molar-refractivity contribution in [2.45, 2.75) is 13.5 Å². The van der Waals surface area contributed by atoms with E-state index < -0.39 is 0 Å². The Bertz CT molecular complexity index is 434. The van der Waals surface area contributed by atoms with Crippen molar-refractivity contribution in [3.8, 4) is 0 Å². The number of nitrogens with two attached hydrogens (primary N) is 1. The molecule has 72 valence electrons. The minimum Gasteiger partial charge on any atom is -0.381 e. The number of rotatable bonds is 2. The second-order valence-corrected chi connectivity index (χ2v) is 3.17. The quantitative estimate of drug-likeness (QED) is 0.751. The lowest BCUT2D eigenvalue weighted by Gasteiger charge is -2.00. The van der Waals surface area contributed by atoms with Crippen LogP contribution in [-0.4, -0.2) is 20.0 Å². The van der Waals surface area contributed by atoms with Crippen LogP contribution in [0.2, 0.25) is 0 Å². The van der Waals surface area contributed by atoms with Crippen molar-refractivity contribution < 1.29 is 0 Å². The molecule has 0 saturated heterocycles. The van der Waals surface area contributed by atoms with E-state index in [0.29, 0.717) is 12.4 Å². The summed E-state index contributed by atoms with van der Waals surface area (Å²) in [4.78, 5) is 5.63. The fourth-order valence-electron chi connectivity index (χ4n) is 1.25. The number of aryl methyl sites for hydroxylation is 1. The van der Waals surface area contributed by atoms with Gasteiger partial charge in [-0.15, -0.1) is 5.10 Å². The molecule has 2 N–H and O–H groups in total. The fraction of sp³-hybridized carbons (Fsp3) is 0.222. The minimum atomic E-state index is 0.436. The van der Waals surface area contributed by atoms with E-state index in [4.69, 9.17) is 5.73 Å². The topological polar surface area (TPSA) is 69.6 Å². The third-order valence-electron chi connectivity index (χ3n) is 1.81. The molecule has 0 unspecified atom stereocenters. The molecule has 0 bridgehead atoms. The summed E-state index contributed by atoms with van der Waals surface area (Å²) in [5.41, 5.74) is 7.65. The molecule has 5 nitrogen and oxygen atoms in total. The van der Waals surface area contributed by atoms with Crippen molar-refractivity contribution in [2.24, 2.45) is 0 Å². The zero-order chi connectivity index (χ0) is 9.97. The van der Waals surface area contributed by atoms with Crippen molar-refractivity contribution in [1.29, 1.82) is 0 Å². The number of anilines is 1. The van der Waals surface area contributed by atoms with E-state index in [2.05, 4.69) is 15.2 Å². The van der Waals surface area contributed by atoms with E-state index in [1.54, 1.807) is 11.0 Å². The molecule has 2 aromatic heterocycles. The molecule has 2 rings (SSSR count). The molecule has 0 fully saturated rings. The van der Waals surface area contributed by atoms with E-state index in [1.165, 1.54) is 6.20 Å². The maximum absolute atomic E-state index is 5.45. The van der Waals surface area contributed by atoms with E-state index in [9.17, 15) is 0 Å². The van der Waals surface area contributed by atoms with Crippen LogP contribution in [0.4, 0.5) is 5.82 Å². The number of hydrogen-bond donors (Lipinski definition) is 1.